The standard InChI is InChI=1S/C10H20O3/c1-5-7-8-10(12-3,13-4)9(11)6-2/h5-8H2,1-4H3. The van der Waals surface area contributed by atoms with E-state index in [1.54, 1.807) is 0 Å². The lowest BCUT2D eigenvalue weighted by Crippen LogP contribution is -2.42. The first kappa shape index (κ1) is 12.6. The fourth-order valence-corrected chi connectivity index (χ4v) is 1.33. The molecule has 13 heavy (non-hydrogen) atoms. The minimum atomic E-state index is -0.995. The summed E-state index contributed by atoms with van der Waals surface area (Å²) in [5.41, 5.74) is 0. The van der Waals surface area contributed by atoms with Gasteiger partial charge in [0.2, 0.25) is 5.79 Å². The minimum absolute atomic E-state index is 0.0194. The Morgan fingerprint density at radius 1 is 1.23 bits per heavy atom. The molecule has 0 N–H and O–H groups in total. The molecule has 0 aromatic carbocycles. The van der Waals surface area contributed by atoms with Crippen LogP contribution in [0.5, 0.6) is 0 Å². The molecule has 0 saturated heterocycles. The maximum atomic E-state index is 11.6. The summed E-state index contributed by atoms with van der Waals surface area (Å²) in [5.74, 6) is -0.976. The van der Waals surface area contributed by atoms with Crippen LogP contribution in [0, 0.1) is 0 Å². The van der Waals surface area contributed by atoms with E-state index in [0.29, 0.717) is 12.8 Å². The second-order valence-electron chi connectivity index (χ2n) is 3.04. The first-order valence-corrected chi connectivity index (χ1v) is 4.80. The zero-order chi connectivity index (χ0) is 10.3. The monoisotopic (exact) mass is 188 g/mol. The summed E-state index contributed by atoms with van der Waals surface area (Å²) in [6.45, 7) is 3.90. The first-order valence-electron chi connectivity index (χ1n) is 4.80. The fourth-order valence-electron chi connectivity index (χ4n) is 1.33. The second kappa shape index (κ2) is 6.11. The summed E-state index contributed by atoms with van der Waals surface area (Å²) >= 11 is 0. The maximum absolute atomic E-state index is 11.6. The van der Waals surface area contributed by atoms with E-state index in [1.807, 2.05) is 6.92 Å². The van der Waals surface area contributed by atoms with Gasteiger partial charge in [-0.05, 0) is 6.42 Å². The zero-order valence-electron chi connectivity index (χ0n) is 9.05. The van der Waals surface area contributed by atoms with Crippen molar-refractivity contribution in [2.24, 2.45) is 0 Å². The predicted molar refractivity (Wildman–Crippen MR) is 51.6 cm³/mol. The van der Waals surface area contributed by atoms with Gasteiger partial charge in [0.15, 0.2) is 5.78 Å². The third kappa shape index (κ3) is 3.08. The molecule has 3 nitrogen and oxygen atoms in total. The Bertz CT molecular complexity index is 150. The van der Waals surface area contributed by atoms with Crippen molar-refractivity contribution in [1.82, 2.24) is 0 Å². The summed E-state index contributed by atoms with van der Waals surface area (Å²) in [7, 11) is 3.04. The van der Waals surface area contributed by atoms with Gasteiger partial charge in [0.25, 0.3) is 0 Å². The molecule has 0 unspecified atom stereocenters. The van der Waals surface area contributed by atoms with Crippen LogP contribution in [-0.4, -0.2) is 25.8 Å². The SMILES string of the molecule is CCCCC(OC)(OC)C(=O)CC. The van der Waals surface area contributed by atoms with Crippen molar-refractivity contribution in [3.8, 4) is 0 Å². The van der Waals surface area contributed by atoms with Gasteiger partial charge < -0.3 is 9.47 Å². The number of rotatable bonds is 7. The summed E-state index contributed by atoms with van der Waals surface area (Å²) in [4.78, 5) is 11.6. The van der Waals surface area contributed by atoms with Crippen LogP contribution in [0.2, 0.25) is 0 Å². The van der Waals surface area contributed by atoms with Crippen molar-refractivity contribution >= 4 is 5.78 Å². The van der Waals surface area contributed by atoms with E-state index in [4.69, 9.17) is 9.47 Å². The molecule has 0 aliphatic carbocycles. The molecule has 0 heterocycles. The molecule has 0 aliphatic rings. The van der Waals surface area contributed by atoms with E-state index in [9.17, 15) is 4.79 Å². The van der Waals surface area contributed by atoms with Gasteiger partial charge in [-0.3, -0.25) is 4.79 Å². The lowest BCUT2D eigenvalue weighted by Gasteiger charge is -2.28. The van der Waals surface area contributed by atoms with Crippen molar-refractivity contribution in [3.63, 3.8) is 0 Å². The summed E-state index contributed by atoms with van der Waals surface area (Å²) in [6.07, 6.45) is 3.06. The van der Waals surface area contributed by atoms with Gasteiger partial charge in [0, 0.05) is 27.1 Å². The summed E-state index contributed by atoms with van der Waals surface area (Å²) in [5, 5.41) is 0. The van der Waals surface area contributed by atoms with Crippen molar-refractivity contribution in [2.45, 2.75) is 45.3 Å². The van der Waals surface area contributed by atoms with Gasteiger partial charge in [-0.25, -0.2) is 0 Å². The van der Waals surface area contributed by atoms with Crippen LogP contribution in [0.25, 0.3) is 0 Å². The molecule has 0 bridgehead atoms. The van der Waals surface area contributed by atoms with Crippen molar-refractivity contribution in [2.75, 3.05) is 14.2 Å². The van der Waals surface area contributed by atoms with E-state index >= 15 is 0 Å². The van der Waals surface area contributed by atoms with Crippen LogP contribution in [0.1, 0.15) is 39.5 Å². The molecule has 0 amide bonds. The molecule has 0 fully saturated rings. The van der Waals surface area contributed by atoms with Crippen molar-refractivity contribution in [3.05, 3.63) is 0 Å². The number of hydrogen-bond donors (Lipinski definition) is 0. The van der Waals surface area contributed by atoms with Gasteiger partial charge in [-0.15, -0.1) is 0 Å². The van der Waals surface area contributed by atoms with Gasteiger partial charge in [0.1, 0.15) is 0 Å². The molecule has 0 aliphatic heterocycles. The normalized spacial score (nSPS) is 11.7. The van der Waals surface area contributed by atoms with Gasteiger partial charge in [0.05, 0.1) is 0 Å². The number of ether oxygens (including phenoxy) is 2. The molecule has 78 valence electrons. The van der Waals surface area contributed by atoms with Crippen molar-refractivity contribution in [1.29, 1.82) is 0 Å². The number of methoxy groups -OCH3 is 2. The molecular weight excluding hydrogens is 168 g/mol. The predicted octanol–water partition coefficient (Wildman–Crippen LogP) is 2.14. The molecular formula is C10H20O3. The lowest BCUT2D eigenvalue weighted by molar-refractivity contribution is -0.210. The molecule has 0 spiro atoms. The largest absolute Gasteiger partial charge is 0.347 e. The number of hydrogen-bond acceptors (Lipinski definition) is 3. The van der Waals surface area contributed by atoms with Crippen molar-refractivity contribution < 1.29 is 14.3 Å². The number of unbranched alkanes of at least 4 members (excludes halogenated alkanes) is 1. The average molecular weight is 188 g/mol. The van der Waals surface area contributed by atoms with Gasteiger partial charge in [-0.2, -0.15) is 0 Å². The molecule has 0 atom stereocenters. The van der Waals surface area contributed by atoms with Crippen LogP contribution in [0.15, 0.2) is 0 Å². The lowest BCUT2D eigenvalue weighted by atomic mass is 10.0. The Kier molecular flexibility index (Phi) is 5.91. The first-order chi connectivity index (χ1) is 6.16. The molecule has 0 rings (SSSR count). The quantitative estimate of drug-likeness (QED) is 0.574. The molecule has 0 saturated carbocycles. The molecule has 0 aromatic heterocycles. The summed E-state index contributed by atoms with van der Waals surface area (Å²) in [6, 6.07) is 0. The topological polar surface area (TPSA) is 35.5 Å². The summed E-state index contributed by atoms with van der Waals surface area (Å²) < 4.78 is 10.3. The molecule has 0 radical (unpaired) electrons. The van der Waals surface area contributed by atoms with E-state index < -0.39 is 5.79 Å². The Balaban J connectivity index is 4.39. The average Bonchev–Trinajstić information content (AvgIpc) is 2.19. The third-order valence-electron chi connectivity index (χ3n) is 2.26. The van der Waals surface area contributed by atoms with Gasteiger partial charge >= 0.3 is 0 Å². The highest BCUT2D eigenvalue weighted by Gasteiger charge is 2.36. The van der Waals surface area contributed by atoms with E-state index in [0.717, 1.165) is 12.8 Å². The van der Waals surface area contributed by atoms with E-state index in [2.05, 4.69) is 6.92 Å². The zero-order valence-corrected chi connectivity index (χ0v) is 9.05. The highest BCUT2D eigenvalue weighted by atomic mass is 16.7. The Morgan fingerprint density at radius 3 is 2.08 bits per heavy atom. The number of Topliss-reactive ketones (excluding diaryl/α,β-unsaturated/α-hetero) is 1. The highest BCUT2D eigenvalue weighted by Crippen LogP contribution is 2.22. The van der Waals surface area contributed by atoms with E-state index in [-0.39, 0.29) is 5.78 Å². The number of carbonyl (C=O) groups excluding carboxylic acids is 1. The van der Waals surface area contributed by atoms with Crippen LogP contribution in [-0.2, 0) is 14.3 Å². The Morgan fingerprint density at radius 2 is 1.77 bits per heavy atom. The highest BCUT2D eigenvalue weighted by molar-refractivity contribution is 5.85. The van der Waals surface area contributed by atoms with Crippen LogP contribution in [0.4, 0.5) is 0 Å². The second-order valence-corrected chi connectivity index (χ2v) is 3.04. The number of carbonyl (C=O) groups is 1. The molecule has 3 heteroatoms. The van der Waals surface area contributed by atoms with Gasteiger partial charge in [-0.1, -0.05) is 20.3 Å². The van der Waals surface area contributed by atoms with E-state index in [1.165, 1.54) is 14.2 Å². The maximum Gasteiger partial charge on any atom is 0.228 e. The van der Waals surface area contributed by atoms with Crippen LogP contribution in [0.3, 0.4) is 0 Å². The minimum Gasteiger partial charge on any atom is -0.347 e. The Labute approximate surface area is 80.4 Å². The fraction of sp³-hybridized carbons (Fsp3) is 0.900. The number of ketones is 1. The third-order valence-corrected chi connectivity index (χ3v) is 2.26. The van der Waals surface area contributed by atoms with Crippen LogP contribution >= 0.6 is 0 Å². The van der Waals surface area contributed by atoms with Crippen LogP contribution < -0.4 is 0 Å². The Hall–Kier alpha value is -0.410. The smallest absolute Gasteiger partial charge is 0.228 e. The molecule has 0 aromatic rings.